The van der Waals surface area contributed by atoms with Crippen molar-refractivity contribution in [3.05, 3.63) is 46.8 Å². The Balaban J connectivity index is 2.22. The van der Waals surface area contributed by atoms with Gasteiger partial charge in [-0.3, -0.25) is 4.79 Å². The van der Waals surface area contributed by atoms with E-state index >= 15 is 0 Å². The molecule has 0 unspecified atom stereocenters. The molecular weight excluding hydrogens is 412 g/mol. The number of allylic oxidation sites excluding steroid dienone is 2. The molecule has 3 aliphatic heterocycles. The zero-order chi connectivity index (χ0) is 23.6. The molecule has 0 aromatic heterocycles. The zero-order valence-corrected chi connectivity index (χ0v) is 19.4. The van der Waals surface area contributed by atoms with Crippen molar-refractivity contribution in [2.45, 2.75) is 77.8 Å². The fourth-order valence-corrected chi connectivity index (χ4v) is 4.20. The van der Waals surface area contributed by atoms with Crippen molar-refractivity contribution in [1.29, 1.82) is 0 Å². The number of hydrogen-bond donors (Lipinski definition) is 0. The predicted octanol–water partition coefficient (Wildman–Crippen LogP) is 3.74. The standard InChI is InChI=1S/C25H32O7/c1-7-15(5)30-23-19(26)9-14(4)8-17-12-18(24(27)31-17)20-10-16(13(2)3)11-21(32-20)22(23)25(28)29-6/h9,12,15-17,20,23H,2,7-8,10-11H2,1,3-6H3/b14-9-,22-21-/t15-,16+,17+,20-,23+/m0/s1. The topological polar surface area (TPSA) is 88.1 Å². The van der Waals surface area contributed by atoms with Crippen LogP contribution in [0.1, 0.15) is 53.4 Å². The molecule has 32 heavy (non-hydrogen) atoms. The molecule has 0 amide bonds. The van der Waals surface area contributed by atoms with E-state index in [1.807, 2.05) is 20.8 Å². The van der Waals surface area contributed by atoms with E-state index in [9.17, 15) is 14.4 Å². The maximum absolute atomic E-state index is 13.3. The van der Waals surface area contributed by atoms with Crippen molar-refractivity contribution in [1.82, 2.24) is 0 Å². The molecule has 1 saturated heterocycles. The first-order valence-corrected chi connectivity index (χ1v) is 11.1. The molecule has 0 aromatic rings. The average Bonchev–Trinajstić information content (AvgIpc) is 3.11. The second kappa shape index (κ2) is 9.86. The summed E-state index contributed by atoms with van der Waals surface area (Å²) in [6, 6.07) is 0. The summed E-state index contributed by atoms with van der Waals surface area (Å²) in [4.78, 5) is 38.9. The minimum Gasteiger partial charge on any atom is -0.489 e. The lowest BCUT2D eigenvalue weighted by Gasteiger charge is -2.34. The number of carbonyl (C=O) groups excluding carboxylic acids is 3. The van der Waals surface area contributed by atoms with Crippen LogP contribution in [0, 0.1) is 5.92 Å². The highest BCUT2D eigenvalue weighted by Gasteiger charge is 2.42. The number of ether oxygens (including phenoxy) is 4. The fourth-order valence-electron chi connectivity index (χ4n) is 4.20. The van der Waals surface area contributed by atoms with Gasteiger partial charge in [-0.1, -0.05) is 24.6 Å². The largest absolute Gasteiger partial charge is 0.489 e. The average molecular weight is 445 g/mol. The normalized spacial score (nSPS) is 32.9. The van der Waals surface area contributed by atoms with Gasteiger partial charge in [-0.05, 0) is 51.7 Å². The van der Waals surface area contributed by atoms with E-state index in [2.05, 4.69) is 6.58 Å². The quantitative estimate of drug-likeness (QED) is 0.471. The maximum Gasteiger partial charge on any atom is 0.340 e. The molecule has 7 heteroatoms. The Morgan fingerprint density at radius 3 is 2.62 bits per heavy atom. The van der Waals surface area contributed by atoms with E-state index in [-0.39, 0.29) is 23.4 Å². The maximum atomic E-state index is 13.3. The number of methoxy groups -OCH3 is 1. The van der Waals surface area contributed by atoms with Gasteiger partial charge in [-0.25, -0.2) is 9.59 Å². The highest BCUT2D eigenvalue weighted by molar-refractivity contribution is 6.04. The van der Waals surface area contributed by atoms with Crippen LogP contribution in [0.4, 0.5) is 0 Å². The van der Waals surface area contributed by atoms with E-state index in [1.165, 1.54) is 13.2 Å². The summed E-state index contributed by atoms with van der Waals surface area (Å²) >= 11 is 0. The number of rotatable bonds is 5. The number of esters is 2. The third-order valence-corrected chi connectivity index (χ3v) is 6.20. The predicted molar refractivity (Wildman–Crippen MR) is 117 cm³/mol. The third kappa shape index (κ3) is 5.04. The van der Waals surface area contributed by atoms with E-state index in [1.54, 1.807) is 13.0 Å². The first-order valence-electron chi connectivity index (χ1n) is 11.1. The molecule has 7 nitrogen and oxygen atoms in total. The fraction of sp³-hybridized carbons (Fsp3) is 0.560. The number of ketones is 1. The Morgan fingerprint density at radius 1 is 1.28 bits per heavy atom. The molecule has 174 valence electrons. The summed E-state index contributed by atoms with van der Waals surface area (Å²) in [5.74, 6) is -1.25. The summed E-state index contributed by atoms with van der Waals surface area (Å²) in [6.07, 6.45) is 2.62. The third-order valence-electron chi connectivity index (χ3n) is 6.20. The first kappa shape index (κ1) is 24.0. The van der Waals surface area contributed by atoms with E-state index in [0.717, 1.165) is 11.1 Å². The molecule has 0 spiro atoms. The van der Waals surface area contributed by atoms with Crippen LogP contribution in [-0.4, -0.2) is 49.2 Å². The Hall–Kier alpha value is -2.67. The van der Waals surface area contributed by atoms with Gasteiger partial charge in [0.15, 0.2) is 11.9 Å². The lowest BCUT2D eigenvalue weighted by molar-refractivity contribution is -0.142. The van der Waals surface area contributed by atoms with Gasteiger partial charge < -0.3 is 18.9 Å². The summed E-state index contributed by atoms with van der Waals surface area (Å²) in [5, 5.41) is 0. The van der Waals surface area contributed by atoms with Gasteiger partial charge >= 0.3 is 11.9 Å². The molecule has 3 aliphatic rings. The smallest absolute Gasteiger partial charge is 0.340 e. The van der Waals surface area contributed by atoms with Crippen molar-refractivity contribution < 1.29 is 33.3 Å². The summed E-state index contributed by atoms with van der Waals surface area (Å²) < 4.78 is 22.8. The molecule has 0 N–H and O–H groups in total. The van der Waals surface area contributed by atoms with Crippen LogP contribution in [0.25, 0.3) is 0 Å². The molecule has 0 radical (unpaired) electrons. The van der Waals surface area contributed by atoms with E-state index in [0.29, 0.717) is 37.0 Å². The van der Waals surface area contributed by atoms with E-state index < -0.39 is 30.3 Å². The summed E-state index contributed by atoms with van der Waals surface area (Å²) in [5.41, 5.74) is 2.10. The first-order chi connectivity index (χ1) is 15.1. The number of fused-ring (bicyclic) bond motifs is 4. The molecule has 5 atom stereocenters. The van der Waals surface area contributed by atoms with E-state index in [4.69, 9.17) is 18.9 Å². The molecule has 0 saturated carbocycles. The van der Waals surface area contributed by atoms with Crippen molar-refractivity contribution >= 4 is 17.7 Å². The summed E-state index contributed by atoms with van der Waals surface area (Å²) in [7, 11) is 1.26. The number of hydrogen-bond acceptors (Lipinski definition) is 7. The molecule has 4 bridgehead atoms. The van der Waals surface area contributed by atoms with Crippen molar-refractivity contribution in [2.24, 2.45) is 5.92 Å². The molecule has 0 aromatic carbocycles. The molecule has 3 heterocycles. The molecular formula is C25H32O7. The van der Waals surface area contributed by atoms with Crippen LogP contribution in [0.5, 0.6) is 0 Å². The molecule has 0 aliphatic carbocycles. The van der Waals surface area contributed by atoms with Gasteiger partial charge in [0.05, 0.1) is 18.8 Å². The molecule has 3 rings (SSSR count). The molecule has 1 fully saturated rings. The van der Waals surface area contributed by atoms with Crippen molar-refractivity contribution in [3.63, 3.8) is 0 Å². The minimum atomic E-state index is -1.17. The highest BCUT2D eigenvalue weighted by Crippen LogP contribution is 2.39. The van der Waals surface area contributed by atoms with Gasteiger partial charge in [-0.15, -0.1) is 0 Å². The Morgan fingerprint density at radius 2 is 2.00 bits per heavy atom. The second-order valence-electron chi connectivity index (χ2n) is 8.82. The van der Waals surface area contributed by atoms with Gasteiger partial charge in [0.1, 0.15) is 23.5 Å². The lowest BCUT2D eigenvalue weighted by Crippen LogP contribution is -2.37. The minimum absolute atomic E-state index is 0.0434. The zero-order valence-electron chi connectivity index (χ0n) is 19.4. The van der Waals surface area contributed by atoms with Crippen LogP contribution in [0.3, 0.4) is 0 Å². The Bertz CT molecular complexity index is 907. The summed E-state index contributed by atoms with van der Waals surface area (Å²) in [6.45, 7) is 11.6. The lowest BCUT2D eigenvalue weighted by atomic mass is 9.84. The number of carbonyl (C=O) groups is 3. The van der Waals surface area contributed by atoms with Crippen LogP contribution in [0.15, 0.2) is 46.8 Å². The van der Waals surface area contributed by atoms with Gasteiger partial charge in [0, 0.05) is 12.8 Å². The van der Waals surface area contributed by atoms with Crippen molar-refractivity contribution in [3.8, 4) is 0 Å². The monoisotopic (exact) mass is 444 g/mol. The van der Waals surface area contributed by atoms with Crippen LogP contribution in [-0.2, 0) is 33.3 Å². The van der Waals surface area contributed by atoms with Gasteiger partial charge in [0.25, 0.3) is 0 Å². The SMILES string of the molecule is C=C(C)[C@H]1C/C2=C(/C(=O)OC)[C@H](O[C@@H](C)CC)C(=O)/C=C(/C)C[C@@H]3C=C(C(=O)O3)[C@H](C1)O2. The Labute approximate surface area is 189 Å². The highest BCUT2D eigenvalue weighted by atomic mass is 16.6. The Kier molecular flexibility index (Phi) is 7.39. The second-order valence-corrected chi connectivity index (χ2v) is 8.82. The van der Waals surface area contributed by atoms with Gasteiger partial charge in [0.2, 0.25) is 0 Å². The van der Waals surface area contributed by atoms with Gasteiger partial charge in [-0.2, -0.15) is 0 Å². The van der Waals surface area contributed by atoms with Crippen LogP contribution in [0.2, 0.25) is 0 Å². The van der Waals surface area contributed by atoms with Crippen molar-refractivity contribution in [2.75, 3.05) is 7.11 Å². The van der Waals surface area contributed by atoms with Crippen LogP contribution >= 0.6 is 0 Å². The van der Waals surface area contributed by atoms with Crippen LogP contribution < -0.4 is 0 Å².